The minimum absolute atomic E-state index is 0.0217. The van der Waals surface area contributed by atoms with Crippen molar-refractivity contribution >= 4 is 33.4 Å². The van der Waals surface area contributed by atoms with Crippen LogP contribution in [0.25, 0.3) is 0 Å². The van der Waals surface area contributed by atoms with E-state index in [9.17, 15) is 4.79 Å². The van der Waals surface area contributed by atoms with Gasteiger partial charge in [0.25, 0.3) is 5.91 Å². The van der Waals surface area contributed by atoms with Crippen molar-refractivity contribution in [3.8, 4) is 0 Å². The SMILES string of the molecule is CN(C)C(CNC(=O)c1cc(Cl)cc(Br)c1)c1ccco1. The van der Waals surface area contributed by atoms with Crippen LogP contribution >= 0.6 is 27.5 Å². The van der Waals surface area contributed by atoms with E-state index >= 15 is 0 Å². The molecule has 0 radical (unpaired) electrons. The molecule has 1 heterocycles. The summed E-state index contributed by atoms with van der Waals surface area (Å²) in [6.07, 6.45) is 1.63. The molecule has 2 rings (SSSR count). The molecule has 2 aromatic rings. The fourth-order valence-electron chi connectivity index (χ4n) is 1.99. The summed E-state index contributed by atoms with van der Waals surface area (Å²) in [5, 5.41) is 3.42. The van der Waals surface area contributed by atoms with E-state index in [1.807, 2.05) is 31.1 Å². The number of benzene rings is 1. The fourth-order valence-corrected chi connectivity index (χ4v) is 2.86. The molecule has 0 fully saturated rings. The third kappa shape index (κ3) is 4.33. The Morgan fingerprint density at radius 1 is 1.43 bits per heavy atom. The molecule has 0 aliphatic carbocycles. The molecule has 6 heteroatoms. The highest BCUT2D eigenvalue weighted by Crippen LogP contribution is 2.20. The molecule has 21 heavy (non-hydrogen) atoms. The van der Waals surface area contributed by atoms with Crippen molar-refractivity contribution in [3.63, 3.8) is 0 Å². The van der Waals surface area contributed by atoms with Gasteiger partial charge in [0.05, 0.1) is 12.3 Å². The lowest BCUT2D eigenvalue weighted by atomic mass is 10.2. The standard InChI is InChI=1S/C15H16BrClN2O2/c1-19(2)13(14-4-3-5-21-14)9-18-15(20)10-6-11(16)8-12(17)7-10/h3-8,13H,9H2,1-2H3,(H,18,20). The van der Waals surface area contributed by atoms with Crippen LogP contribution in [0.15, 0.2) is 45.5 Å². The van der Waals surface area contributed by atoms with Crippen LogP contribution < -0.4 is 5.32 Å². The molecule has 0 spiro atoms. The quantitative estimate of drug-likeness (QED) is 0.871. The van der Waals surface area contributed by atoms with Crippen molar-refractivity contribution in [2.75, 3.05) is 20.6 Å². The number of hydrogen-bond acceptors (Lipinski definition) is 3. The molecule has 1 aromatic heterocycles. The Morgan fingerprint density at radius 2 is 2.19 bits per heavy atom. The van der Waals surface area contributed by atoms with Gasteiger partial charge in [0.15, 0.2) is 0 Å². The second-order valence-corrected chi connectivity index (χ2v) is 6.22. The maximum Gasteiger partial charge on any atom is 0.251 e. The number of amides is 1. The fraction of sp³-hybridized carbons (Fsp3) is 0.267. The zero-order chi connectivity index (χ0) is 15.4. The molecule has 1 amide bonds. The molecule has 1 atom stereocenters. The van der Waals surface area contributed by atoms with Gasteiger partial charge in [-0.1, -0.05) is 27.5 Å². The summed E-state index contributed by atoms with van der Waals surface area (Å²) in [7, 11) is 3.88. The first-order valence-electron chi connectivity index (χ1n) is 6.41. The van der Waals surface area contributed by atoms with Crippen LogP contribution in [0.3, 0.4) is 0 Å². The van der Waals surface area contributed by atoms with Crippen molar-refractivity contribution in [3.05, 3.63) is 57.4 Å². The van der Waals surface area contributed by atoms with Crippen LogP contribution in [0.5, 0.6) is 0 Å². The Bertz CT molecular complexity index is 594. The predicted molar refractivity (Wildman–Crippen MR) is 86.6 cm³/mol. The highest BCUT2D eigenvalue weighted by molar-refractivity contribution is 9.10. The van der Waals surface area contributed by atoms with Crippen LogP contribution in [0.2, 0.25) is 5.02 Å². The average molecular weight is 372 g/mol. The van der Waals surface area contributed by atoms with Crippen molar-refractivity contribution in [2.45, 2.75) is 6.04 Å². The van der Waals surface area contributed by atoms with Crippen LogP contribution in [0, 0.1) is 0 Å². The van der Waals surface area contributed by atoms with E-state index in [1.165, 1.54) is 0 Å². The first-order valence-corrected chi connectivity index (χ1v) is 7.58. The molecular formula is C15H16BrClN2O2. The molecular weight excluding hydrogens is 356 g/mol. The lowest BCUT2D eigenvalue weighted by Gasteiger charge is -2.22. The summed E-state index contributed by atoms with van der Waals surface area (Å²) in [5.41, 5.74) is 0.520. The lowest BCUT2D eigenvalue weighted by molar-refractivity contribution is 0.0939. The Labute approximate surface area is 137 Å². The van der Waals surface area contributed by atoms with E-state index < -0.39 is 0 Å². The van der Waals surface area contributed by atoms with Gasteiger partial charge in [-0.25, -0.2) is 0 Å². The van der Waals surface area contributed by atoms with E-state index in [1.54, 1.807) is 24.5 Å². The van der Waals surface area contributed by atoms with E-state index in [0.717, 1.165) is 10.2 Å². The minimum Gasteiger partial charge on any atom is -0.468 e. The van der Waals surface area contributed by atoms with Gasteiger partial charge in [-0.3, -0.25) is 9.69 Å². The minimum atomic E-state index is -0.170. The molecule has 0 saturated carbocycles. The molecule has 0 bridgehead atoms. The Balaban J connectivity index is 2.05. The van der Waals surface area contributed by atoms with Crippen molar-refractivity contribution in [1.82, 2.24) is 10.2 Å². The predicted octanol–water partition coefficient (Wildman–Crippen LogP) is 3.73. The van der Waals surface area contributed by atoms with Crippen LogP contribution in [0.4, 0.5) is 0 Å². The van der Waals surface area contributed by atoms with E-state index in [2.05, 4.69) is 21.2 Å². The normalized spacial score (nSPS) is 12.4. The molecule has 1 aromatic carbocycles. The van der Waals surface area contributed by atoms with Gasteiger partial charge in [-0.05, 0) is 44.4 Å². The van der Waals surface area contributed by atoms with Gasteiger partial charge >= 0.3 is 0 Å². The van der Waals surface area contributed by atoms with Gasteiger partial charge in [0.2, 0.25) is 0 Å². The van der Waals surface area contributed by atoms with Gasteiger partial charge in [0, 0.05) is 21.6 Å². The van der Waals surface area contributed by atoms with Crippen LogP contribution in [-0.4, -0.2) is 31.4 Å². The lowest BCUT2D eigenvalue weighted by Crippen LogP contribution is -2.34. The van der Waals surface area contributed by atoms with E-state index in [0.29, 0.717) is 17.1 Å². The van der Waals surface area contributed by atoms with E-state index in [4.69, 9.17) is 16.0 Å². The molecule has 0 aliphatic heterocycles. The Morgan fingerprint density at radius 3 is 2.76 bits per heavy atom. The molecule has 1 N–H and O–H groups in total. The monoisotopic (exact) mass is 370 g/mol. The number of carbonyl (C=O) groups excluding carboxylic acids is 1. The summed E-state index contributed by atoms with van der Waals surface area (Å²) in [6.45, 7) is 0.448. The Hall–Kier alpha value is -1.30. The third-order valence-electron chi connectivity index (χ3n) is 3.08. The second kappa shape index (κ2) is 7.11. The van der Waals surface area contributed by atoms with Gasteiger partial charge < -0.3 is 9.73 Å². The first-order chi connectivity index (χ1) is 9.97. The van der Waals surface area contributed by atoms with Crippen LogP contribution in [0.1, 0.15) is 22.2 Å². The number of halogens is 2. The first kappa shape index (κ1) is 16.1. The molecule has 0 aliphatic rings. The highest BCUT2D eigenvalue weighted by Gasteiger charge is 2.18. The number of carbonyl (C=O) groups is 1. The number of rotatable bonds is 5. The van der Waals surface area contributed by atoms with Gasteiger partial charge in [-0.2, -0.15) is 0 Å². The van der Waals surface area contributed by atoms with E-state index in [-0.39, 0.29) is 11.9 Å². The zero-order valence-corrected chi connectivity index (χ0v) is 14.1. The van der Waals surface area contributed by atoms with Crippen LogP contribution in [-0.2, 0) is 0 Å². The average Bonchev–Trinajstić information content (AvgIpc) is 2.91. The number of nitrogens with zero attached hydrogens (tertiary/aromatic N) is 1. The maximum absolute atomic E-state index is 12.2. The van der Waals surface area contributed by atoms with Crippen molar-refractivity contribution in [1.29, 1.82) is 0 Å². The topological polar surface area (TPSA) is 45.5 Å². The van der Waals surface area contributed by atoms with Gasteiger partial charge in [0.1, 0.15) is 5.76 Å². The third-order valence-corrected chi connectivity index (χ3v) is 3.75. The summed E-state index contributed by atoms with van der Waals surface area (Å²) < 4.78 is 6.19. The largest absolute Gasteiger partial charge is 0.468 e. The van der Waals surface area contributed by atoms with Crippen molar-refractivity contribution < 1.29 is 9.21 Å². The van der Waals surface area contributed by atoms with Gasteiger partial charge in [-0.15, -0.1) is 0 Å². The Kier molecular flexibility index (Phi) is 5.45. The number of furan rings is 1. The summed E-state index contributed by atoms with van der Waals surface area (Å²) >= 11 is 9.28. The number of nitrogens with one attached hydrogen (secondary N) is 1. The summed E-state index contributed by atoms with van der Waals surface area (Å²) in [6, 6.07) is 8.82. The zero-order valence-electron chi connectivity index (χ0n) is 11.8. The molecule has 4 nitrogen and oxygen atoms in total. The molecule has 0 saturated heterocycles. The second-order valence-electron chi connectivity index (χ2n) is 4.86. The smallest absolute Gasteiger partial charge is 0.251 e. The molecule has 1 unspecified atom stereocenters. The summed E-state index contributed by atoms with van der Waals surface area (Å²) in [5.74, 6) is 0.643. The highest BCUT2D eigenvalue weighted by atomic mass is 79.9. The summed E-state index contributed by atoms with van der Waals surface area (Å²) in [4.78, 5) is 14.2. The number of likely N-dealkylation sites (N-methyl/N-ethyl adjacent to an activating group) is 1. The van der Waals surface area contributed by atoms with Crippen molar-refractivity contribution in [2.24, 2.45) is 0 Å². The maximum atomic E-state index is 12.2. The number of hydrogen-bond donors (Lipinski definition) is 1. The molecule has 112 valence electrons.